The fourth-order valence-electron chi connectivity index (χ4n) is 5.23. The maximum atomic E-state index is 6.21. The topological polar surface area (TPSA) is 110 Å². The number of rotatable bonds is 3. The van der Waals surface area contributed by atoms with Gasteiger partial charge < -0.3 is 15.4 Å². The summed E-state index contributed by atoms with van der Waals surface area (Å²) >= 11 is 0. The Labute approximate surface area is 162 Å². The summed E-state index contributed by atoms with van der Waals surface area (Å²) in [6.45, 7) is 7.28. The number of aromatic amines is 1. The molecule has 6 heterocycles. The highest BCUT2D eigenvalue weighted by Crippen LogP contribution is 2.63. The van der Waals surface area contributed by atoms with Crippen molar-refractivity contribution in [3.63, 3.8) is 0 Å². The van der Waals surface area contributed by atoms with Crippen LogP contribution in [0.15, 0.2) is 12.3 Å². The molecule has 4 unspecified atom stereocenters. The minimum Gasteiger partial charge on any atom is -0.370 e. The van der Waals surface area contributed by atoms with Crippen LogP contribution in [-0.4, -0.2) is 49.5 Å². The first-order valence-corrected chi connectivity index (χ1v) is 9.98. The largest absolute Gasteiger partial charge is 0.370 e. The van der Waals surface area contributed by atoms with Crippen LogP contribution >= 0.6 is 0 Å². The molecule has 9 nitrogen and oxygen atoms in total. The zero-order valence-electron chi connectivity index (χ0n) is 16.1. The van der Waals surface area contributed by atoms with Gasteiger partial charge in [0.1, 0.15) is 11.4 Å². The van der Waals surface area contributed by atoms with Gasteiger partial charge in [0.25, 0.3) is 0 Å². The van der Waals surface area contributed by atoms with Crippen LogP contribution in [-0.2, 0) is 10.3 Å². The van der Waals surface area contributed by atoms with E-state index in [0.717, 1.165) is 48.3 Å². The lowest BCUT2D eigenvalue weighted by atomic mass is 9.63. The number of hydrogen-bond acceptors (Lipinski definition) is 7. The molecule has 3 aromatic heterocycles. The molecule has 1 aliphatic carbocycles. The zero-order chi connectivity index (χ0) is 19.0. The molecule has 3 saturated heterocycles. The van der Waals surface area contributed by atoms with Crippen molar-refractivity contribution in [3.8, 4) is 0 Å². The van der Waals surface area contributed by atoms with E-state index in [1.165, 1.54) is 12.1 Å². The molecule has 3 aliphatic heterocycles. The van der Waals surface area contributed by atoms with Crippen molar-refractivity contribution >= 4 is 17.3 Å². The van der Waals surface area contributed by atoms with E-state index in [0.29, 0.717) is 12.5 Å². The van der Waals surface area contributed by atoms with Crippen LogP contribution in [0.2, 0.25) is 0 Å². The van der Waals surface area contributed by atoms with Crippen LogP contribution in [0.5, 0.6) is 0 Å². The molecule has 4 atom stereocenters. The van der Waals surface area contributed by atoms with E-state index >= 15 is 0 Å². The number of fused-ring (bicyclic) bond motifs is 2. The number of hydrogen-bond donors (Lipinski definition) is 2. The first-order valence-electron chi connectivity index (χ1n) is 9.98. The Morgan fingerprint density at radius 3 is 2.96 bits per heavy atom. The van der Waals surface area contributed by atoms with Crippen LogP contribution in [0.3, 0.4) is 0 Å². The average molecular weight is 380 g/mol. The second kappa shape index (κ2) is 5.44. The molecule has 1 saturated carbocycles. The van der Waals surface area contributed by atoms with Gasteiger partial charge >= 0.3 is 0 Å². The van der Waals surface area contributed by atoms with Crippen molar-refractivity contribution in [2.45, 2.75) is 38.2 Å². The Morgan fingerprint density at radius 1 is 1.36 bits per heavy atom. The molecule has 0 amide bonds. The highest BCUT2D eigenvalue weighted by atomic mass is 16.5. The van der Waals surface area contributed by atoms with Crippen molar-refractivity contribution in [2.75, 3.05) is 30.3 Å². The molecule has 0 radical (unpaired) electrons. The van der Waals surface area contributed by atoms with Gasteiger partial charge in [-0.1, -0.05) is 6.92 Å². The number of nitrogens with zero attached hydrogens (tertiary/aromatic N) is 6. The smallest absolute Gasteiger partial charge is 0.239 e. The number of nitrogen functional groups attached to an aromatic ring is 1. The number of ether oxygens (including phenoxy) is 1. The summed E-state index contributed by atoms with van der Waals surface area (Å²) in [7, 11) is 0. The molecule has 0 spiro atoms. The third-order valence-corrected chi connectivity index (χ3v) is 6.68. The van der Waals surface area contributed by atoms with Crippen LogP contribution < -0.4 is 10.6 Å². The van der Waals surface area contributed by atoms with E-state index < -0.39 is 5.60 Å². The normalized spacial score (nSPS) is 31.6. The molecule has 9 heteroatoms. The Balaban J connectivity index is 1.41. The van der Waals surface area contributed by atoms with E-state index in [2.05, 4.69) is 46.2 Å². The number of nitrogens with one attached hydrogen (secondary N) is 1. The standard InChI is InChI=1S/C19H24N8O/c1-10-3-4-26(7-10)13-5-11(2)16-22-17(25-27(16)8-13)19-6-12(9-28-19)14(19)15-21-18(20)24-23-15/h5,8,10,12,14H,3-4,6-7,9H2,1-2H3,(H3,20,21,23,24). The zero-order valence-corrected chi connectivity index (χ0v) is 16.1. The predicted octanol–water partition coefficient (Wildman–Crippen LogP) is 1.61. The summed E-state index contributed by atoms with van der Waals surface area (Å²) in [5.41, 5.74) is 8.41. The molecule has 146 valence electrons. The van der Waals surface area contributed by atoms with Gasteiger partial charge in [0, 0.05) is 13.1 Å². The molecule has 4 aliphatic rings. The van der Waals surface area contributed by atoms with E-state index in [1.807, 2.05) is 4.52 Å². The van der Waals surface area contributed by atoms with Crippen molar-refractivity contribution < 1.29 is 4.74 Å². The van der Waals surface area contributed by atoms with Crippen molar-refractivity contribution in [2.24, 2.45) is 11.8 Å². The van der Waals surface area contributed by atoms with Gasteiger partial charge in [-0.25, -0.2) is 9.50 Å². The Kier molecular flexibility index (Phi) is 3.16. The van der Waals surface area contributed by atoms with Crippen molar-refractivity contribution in [1.82, 2.24) is 29.8 Å². The number of H-pyrrole nitrogens is 1. The quantitative estimate of drug-likeness (QED) is 0.710. The molecule has 7 rings (SSSR count). The maximum Gasteiger partial charge on any atom is 0.239 e. The molecule has 3 aromatic rings. The molecule has 28 heavy (non-hydrogen) atoms. The van der Waals surface area contributed by atoms with Gasteiger partial charge in [-0.3, -0.25) is 5.10 Å². The Morgan fingerprint density at radius 2 is 2.25 bits per heavy atom. The SMILES string of the molecule is Cc1cc(N2CCC(C)C2)cn2nc(C34CC(CO3)C4c3nc(N)n[nH]3)nc12. The summed E-state index contributed by atoms with van der Waals surface area (Å²) in [4.78, 5) is 11.7. The van der Waals surface area contributed by atoms with E-state index in [-0.39, 0.29) is 11.9 Å². The maximum absolute atomic E-state index is 6.21. The van der Waals surface area contributed by atoms with Crippen molar-refractivity contribution in [1.29, 1.82) is 0 Å². The average Bonchev–Trinajstić information content (AvgIpc) is 3.42. The van der Waals surface area contributed by atoms with Crippen molar-refractivity contribution in [3.05, 3.63) is 29.5 Å². The third kappa shape index (κ3) is 2.10. The second-order valence-corrected chi connectivity index (χ2v) is 8.65. The summed E-state index contributed by atoms with van der Waals surface area (Å²) < 4.78 is 8.13. The fraction of sp³-hybridized carbons (Fsp3) is 0.579. The summed E-state index contributed by atoms with van der Waals surface area (Å²) in [6, 6.07) is 2.22. The lowest BCUT2D eigenvalue weighted by molar-refractivity contribution is -0.0344. The highest BCUT2D eigenvalue weighted by molar-refractivity contribution is 5.57. The lowest BCUT2D eigenvalue weighted by Gasteiger charge is -2.41. The molecular weight excluding hydrogens is 356 g/mol. The first-order chi connectivity index (χ1) is 13.5. The summed E-state index contributed by atoms with van der Waals surface area (Å²) in [5, 5.41) is 11.8. The Hall–Kier alpha value is -2.68. The number of aromatic nitrogens is 6. The number of anilines is 2. The van der Waals surface area contributed by atoms with E-state index in [9.17, 15) is 0 Å². The lowest BCUT2D eigenvalue weighted by Crippen LogP contribution is -2.44. The van der Waals surface area contributed by atoms with Crippen LogP contribution in [0.4, 0.5) is 11.6 Å². The van der Waals surface area contributed by atoms with E-state index in [1.54, 1.807) is 0 Å². The minimum absolute atomic E-state index is 0.0777. The van der Waals surface area contributed by atoms with E-state index in [4.69, 9.17) is 20.6 Å². The van der Waals surface area contributed by atoms with Gasteiger partial charge in [-0.15, -0.1) is 10.2 Å². The molecule has 2 bridgehead atoms. The minimum atomic E-state index is -0.530. The predicted molar refractivity (Wildman–Crippen MR) is 103 cm³/mol. The van der Waals surface area contributed by atoms with Crippen LogP contribution in [0, 0.1) is 18.8 Å². The molecule has 4 fully saturated rings. The van der Waals surface area contributed by atoms with Gasteiger partial charge in [0.2, 0.25) is 5.95 Å². The number of nitrogens with two attached hydrogens (primary N) is 1. The second-order valence-electron chi connectivity index (χ2n) is 8.65. The summed E-state index contributed by atoms with van der Waals surface area (Å²) in [5.74, 6) is 2.98. The highest BCUT2D eigenvalue weighted by Gasteiger charge is 2.66. The van der Waals surface area contributed by atoms with Gasteiger partial charge in [-0.2, -0.15) is 4.98 Å². The monoisotopic (exact) mass is 380 g/mol. The molecule has 3 N–H and O–H groups in total. The van der Waals surface area contributed by atoms with Gasteiger partial charge in [0.15, 0.2) is 11.5 Å². The van der Waals surface area contributed by atoms with Gasteiger partial charge in [-0.05, 0) is 43.2 Å². The number of pyridine rings is 1. The van der Waals surface area contributed by atoms with Gasteiger partial charge in [0.05, 0.1) is 24.4 Å². The van der Waals surface area contributed by atoms with Crippen LogP contribution in [0.25, 0.3) is 5.65 Å². The summed E-state index contributed by atoms with van der Waals surface area (Å²) in [6.07, 6.45) is 4.24. The Bertz CT molecular complexity index is 1070. The molecular formula is C19H24N8O. The third-order valence-electron chi connectivity index (χ3n) is 6.68. The number of aryl methyl sites for hydroxylation is 1. The molecule has 0 aromatic carbocycles. The van der Waals surface area contributed by atoms with Crippen LogP contribution in [0.1, 0.15) is 42.9 Å². The fourth-order valence-corrected chi connectivity index (χ4v) is 5.23. The first kappa shape index (κ1) is 16.3.